The summed E-state index contributed by atoms with van der Waals surface area (Å²) in [4.78, 5) is 0.766. The highest BCUT2D eigenvalue weighted by Gasteiger charge is 2.46. The zero-order valence-corrected chi connectivity index (χ0v) is 17.8. The summed E-state index contributed by atoms with van der Waals surface area (Å²) in [5.74, 6) is -0.283. The van der Waals surface area contributed by atoms with Gasteiger partial charge in [0, 0.05) is 36.5 Å². The van der Waals surface area contributed by atoms with Crippen molar-refractivity contribution in [3.63, 3.8) is 0 Å². The van der Waals surface area contributed by atoms with Crippen LogP contribution in [0.2, 0.25) is 0 Å². The Morgan fingerprint density at radius 2 is 1.96 bits per heavy atom. The summed E-state index contributed by atoms with van der Waals surface area (Å²) in [6, 6.07) is 5.76. The Labute approximate surface area is 170 Å². The van der Waals surface area contributed by atoms with E-state index in [9.17, 15) is 8.42 Å². The van der Waals surface area contributed by atoms with Crippen LogP contribution in [0.15, 0.2) is 23.1 Å². The first-order valence-electron chi connectivity index (χ1n) is 9.20. The summed E-state index contributed by atoms with van der Waals surface area (Å²) < 4.78 is 37.8. The van der Waals surface area contributed by atoms with Crippen LogP contribution in [0.3, 0.4) is 0 Å². The second kappa shape index (κ2) is 10.1. The maximum atomic E-state index is 11.1. The fraction of sp³-hybridized carbons (Fsp3) is 0.611. The normalized spacial score (nSPS) is 19.3. The summed E-state index contributed by atoms with van der Waals surface area (Å²) in [5, 5.41) is 21.1. The molecule has 1 heterocycles. The predicted molar refractivity (Wildman–Crippen MR) is 107 cm³/mol. The molecule has 1 aliphatic rings. The third kappa shape index (κ3) is 5.76. The Morgan fingerprint density at radius 1 is 1.21 bits per heavy atom. The van der Waals surface area contributed by atoms with Gasteiger partial charge in [0.1, 0.15) is 6.54 Å². The number of hydrogen-bond acceptors (Lipinski definition) is 7. The van der Waals surface area contributed by atoms with E-state index in [0.717, 1.165) is 59.6 Å². The molecule has 0 radical (unpaired) electrons. The molecule has 0 spiro atoms. The quantitative estimate of drug-likeness (QED) is 0.115. The van der Waals surface area contributed by atoms with Gasteiger partial charge in [0.05, 0.1) is 23.2 Å². The van der Waals surface area contributed by atoms with Crippen LogP contribution in [-0.2, 0) is 24.9 Å². The molecule has 0 aromatic heterocycles. The maximum Gasteiger partial charge on any atom is 0.265 e. The Hall–Kier alpha value is -1.01. The maximum absolute atomic E-state index is 11.1. The molecule has 8 nitrogen and oxygen atoms in total. The molecule has 1 aromatic carbocycles. The van der Waals surface area contributed by atoms with E-state index in [-0.39, 0.29) is 17.8 Å². The molecule has 2 rings (SSSR count). The topological polar surface area (TPSA) is 116 Å². The van der Waals surface area contributed by atoms with Gasteiger partial charge in [0.2, 0.25) is 5.69 Å². The Balaban J connectivity index is 2.31. The fourth-order valence-electron chi connectivity index (χ4n) is 3.75. The second-order valence-electron chi connectivity index (χ2n) is 7.15. The van der Waals surface area contributed by atoms with Gasteiger partial charge in [-0.25, -0.2) is 5.26 Å². The van der Waals surface area contributed by atoms with Gasteiger partial charge in [0.15, 0.2) is 5.71 Å². The van der Waals surface area contributed by atoms with Crippen LogP contribution in [0, 0.1) is 0 Å². The zero-order valence-electron chi connectivity index (χ0n) is 16.1. The third-order valence-corrected chi connectivity index (χ3v) is 6.72. The standard InChI is InChI=1S/C18H27NO7S2/c1-14-18(2,9-4-3-5-11-20)16-13-15(27-26-25-21)7-8-17(16)19(14)10-6-12-28(22,23)24/h7-8,13,20H,3-6,9-12H2,1-2H3,(H-,21,22,23,24)/p+1/t18-/m0/s1. The molecule has 0 bridgehead atoms. The highest BCUT2D eigenvalue weighted by atomic mass is 32.2. The van der Waals surface area contributed by atoms with Gasteiger partial charge in [-0.05, 0) is 31.9 Å². The molecular weight excluding hydrogens is 406 g/mol. The van der Waals surface area contributed by atoms with Gasteiger partial charge in [-0.15, -0.1) is 4.33 Å². The van der Waals surface area contributed by atoms with Crippen molar-refractivity contribution in [1.82, 2.24) is 0 Å². The molecule has 0 amide bonds. The molecule has 1 aliphatic heterocycles. The van der Waals surface area contributed by atoms with Crippen molar-refractivity contribution >= 4 is 33.6 Å². The fourth-order valence-corrected chi connectivity index (χ4v) is 4.64. The first-order valence-corrected chi connectivity index (χ1v) is 11.5. The van der Waals surface area contributed by atoms with Crippen molar-refractivity contribution in [1.29, 1.82) is 0 Å². The molecule has 0 aliphatic carbocycles. The second-order valence-corrected chi connectivity index (χ2v) is 9.49. The van der Waals surface area contributed by atoms with E-state index in [1.165, 1.54) is 0 Å². The van der Waals surface area contributed by atoms with Gasteiger partial charge >= 0.3 is 0 Å². The zero-order chi connectivity index (χ0) is 20.8. The van der Waals surface area contributed by atoms with Crippen LogP contribution in [0.4, 0.5) is 5.69 Å². The summed E-state index contributed by atoms with van der Waals surface area (Å²) in [6.07, 6.45) is 3.82. The van der Waals surface area contributed by atoms with Crippen LogP contribution in [-0.4, -0.2) is 52.5 Å². The Kier molecular flexibility index (Phi) is 8.44. The Morgan fingerprint density at radius 3 is 2.61 bits per heavy atom. The molecule has 28 heavy (non-hydrogen) atoms. The molecule has 0 saturated carbocycles. The van der Waals surface area contributed by atoms with E-state index in [1.54, 1.807) is 0 Å². The number of aliphatic hydroxyl groups excluding tert-OH is 1. The van der Waals surface area contributed by atoms with E-state index < -0.39 is 10.1 Å². The SMILES string of the molecule is CC1=[N+](CCCS(=O)(=O)O)c2ccc(SOOO)cc2[C@@]1(C)CCCCCO. The van der Waals surface area contributed by atoms with Crippen molar-refractivity contribution < 1.29 is 37.3 Å². The van der Waals surface area contributed by atoms with Crippen LogP contribution in [0.1, 0.15) is 51.5 Å². The van der Waals surface area contributed by atoms with E-state index in [4.69, 9.17) is 14.9 Å². The molecule has 0 saturated heterocycles. The van der Waals surface area contributed by atoms with Crippen LogP contribution in [0.5, 0.6) is 0 Å². The van der Waals surface area contributed by atoms with Crippen molar-refractivity contribution in [2.75, 3.05) is 18.9 Å². The number of unbranched alkanes of at least 4 members (excludes halogenated alkanes) is 2. The summed E-state index contributed by atoms with van der Waals surface area (Å²) in [7, 11) is -3.99. The van der Waals surface area contributed by atoms with Crippen molar-refractivity contribution in [2.24, 2.45) is 0 Å². The molecule has 0 fully saturated rings. The summed E-state index contributed by atoms with van der Waals surface area (Å²) in [6.45, 7) is 4.85. The number of rotatable bonds is 12. The summed E-state index contributed by atoms with van der Waals surface area (Å²) >= 11 is 0.897. The van der Waals surface area contributed by atoms with E-state index >= 15 is 0 Å². The minimum Gasteiger partial charge on any atom is -0.396 e. The average Bonchev–Trinajstić information content (AvgIpc) is 2.84. The van der Waals surface area contributed by atoms with Gasteiger partial charge in [-0.1, -0.05) is 17.9 Å². The lowest BCUT2D eigenvalue weighted by Crippen LogP contribution is -2.30. The van der Waals surface area contributed by atoms with E-state index in [1.807, 2.05) is 25.1 Å². The van der Waals surface area contributed by atoms with E-state index in [0.29, 0.717) is 13.0 Å². The van der Waals surface area contributed by atoms with Crippen LogP contribution in [0.25, 0.3) is 0 Å². The predicted octanol–water partition coefficient (Wildman–Crippen LogP) is 3.32. The number of aliphatic hydroxyl groups is 1. The molecule has 1 atom stereocenters. The molecule has 3 N–H and O–H groups in total. The van der Waals surface area contributed by atoms with Crippen molar-refractivity contribution in [3.8, 4) is 0 Å². The van der Waals surface area contributed by atoms with Crippen LogP contribution >= 0.6 is 12.0 Å². The van der Waals surface area contributed by atoms with Crippen LogP contribution < -0.4 is 0 Å². The minimum absolute atomic E-state index is 0.178. The molecule has 1 aromatic rings. The van der Waals surface area contributed by atoms with E-state index in [2.05, 4.69) is 20.9 Å². The smallest absolute Gasteiger partial charge is 0.265 e. The first-order chi connectivity index (χ1) is 13.2. The molecular formula is C18H28NO7S2+. The largest absolute Gasteiger partial charge is 0.396 e. The number of hydrogen-bond donors (Lipinski definition) is 3. The van der Waals surface area contributed by atoms with Crippen molar-refractivity contribution in [2.45, 2.75) is 56.3 Å². The lowest BCUT2D eigenvalue weighted by atomic mass is 9.76. The highest BCUT2D eigenvalue weighted by Crippen LogP contribution is 2.44. The summed E-state index contributed by atoms with van der Waals surface area (Å²) in [5.41, 5.74) is 2.95. The monoisotopic (exact) mass is 434 g/mol. The van der Waals surface area contributed by atoms with Gasteiger partial charge in [-0.3, -0.25) is 4.55 Å². The lowest BCUT2D eigenvalue weighted by molar-refractivity contribution is -0.438. The minimum atomic E-state index is -3.99. The van der Waals surface area contributed by atoms with Crippen molar-refractivity contribution in [3.05, 3.63) is 23.8 Å². The molecule has 0 unspecified atom stereocenters. The Bertz CT molecular complexity index is 810. The number of benzene rings is 1. The highest BCUT2D eigenvalue weighted by molar-refractivity contribution is 7.94. The average molecular weight is 435 g/mol. The third-order valence-electron chi connectivity index (χ3n) is 5.34. The molecule has 158 valence electrons. The lowest BCUT2D eigenvalue weighted by Gasteiger charge is -2.22. The number of fused-ring (bicyclic) bond motifs is 1. The van der Waals surface area contributed by atoms with Gasteiger partial charge in [0.25, 0.3) is 10.1 Å². The number of nitrogens with zero attached hydrogens (tertiary/aromatic N) is 1. The van der Waals surface area contributed by atoms with Gasteiger partial charge in [-0.2, -0.15) is 13.0 Å². The first kappa shape index (κ1) is 23.3. The molecule has 10 heteroatoms. The van der Waals surface area contributed by atoms with Gasteiger partial charge < -0.3 is 5.11 Å².